The smallest absolute Gasteiger partial charge is 0.467 e. The molecule has 0 aromatic rings. The molecule has 0 saturated heterocycles. The van der Waals surface area contributed by atoms with Crippen molar-refractivity contribution < 1.29 is 27.5 Å². The zero-order valence-electron chi connectivity index (χ0n) is 6.31. The topological polar surface area (TPSA) is 55.4 Å². The number of rotatable bonds is 2. The maximum absolute atomic E-state index is 11.6. The Kier molecular flexibility index (Phi) is 4.18. The molecule has 0 fully saturated rings. The number of hydrogen-bond acceptors (Lipinski definition) is 3. The molecule has 1 atom stereocenters. The minimum atomic E-state index is -5.01. The van der Waals surface area contributed by atoms with Crippen LogP contribution in [0.15, 0.2) is 0 Å². The second-order valence-corrected chi connectivity index (χ2v) is 2.77. The number of esters is 1. The summed E-state index contributed by atoms with van der Waals surface area (Å²) in [6.07, 6.45) is -5.01. The summed E-state index contributed by atoms with van der Waals surface area (Å²) in [5.74, 6) is -3.22. The second kappa shape index (κ2) is 4.45. The standard InChI is InChI=1S/C5H5BrF3NO3/c1-13-3(11)2(6)10-4(12)5(7,8)9/h2H,1H3,(H,10,12). The van der Waals surface area contributed by atoms with Crippen LogP contribution < -0.4 is 5.32 Å². The Labute approximate surface area is 79.5 Å². The number of carbonyl (C=O) groups is 2. The van der Waals surface area contributed by atoms with Gasteiger partial charge in [-0.2, -0.15) is 13.2 Å². The third kappa shape index (κ3) is 4.11. The van der Waals surface area contributed by atoms with E-state index in [0.717, 1.165) is 7.11 Å². The van der Waals surface area contributed by atoms with E-state index in [9.17, 15) is 22.8 Å². The molecule has 0 heterocycles. The van der Waals surface area contributed by atoms with Crippen molar-refractivity contribution in [3.8, 4) is 0 Å². The van der Waals surface area contributed by atoms with Gasteiger partial charge in [0.15, 0.2) is 4.95 Å². The first kappa shape index (κ1) is 12.2. The molecular formula is C5H5BrF3NO3. The van der Waals surface area contributed by atoms with E-state index in [1.54, 1.807) is 0 Å². The Bertz CT molecular complexity index is 218. The Balaban J connectivity index is 4.15. The summed E-state index contributed by atoms with van der Waals surface area (Å²) < 4.78 is 38.8. The monoisotopic (exact) mass is 263 g/mol. The number of alkyl halides is 4. The predicted octanol–water partition coefficient (Wildman–Crippen LogP) is 0.559. The number of amides is 1. The zero-order chi connectivity index (χ0) is 10.6. The van der Waals surface area contributed by atoms with Crippen LogP contribution in [0.2, 0.25) is 0 Å². The first-order chi connectivity index (χ1) is 5.79. The molecule has 0 radical (unpaired) electrons. The van der Waals surface area contributed by atoms with Crippen LogP contribution in [-0.4, -0.2) is 30.1 Å². The lowest BCUT2D eigenvalue weighted by molar-refractivity contribution is -0.174. The number of ether oxygens (including phenoxy) is 1. The molecule has 13 heavy (non-hydrogen) atoms. The van der Waals surface area contributed by atoms with E-state index in [1.165, 1.54) is 5.32 Å². The van der Waals surface area contributed by atoms with Gasteiger partial charge in [0.1, 0.15) is 0 Å². The highest BCUT2D eigenvalue weighted by atomic mass is 79.9. The van der Waals surface area contributed by atoms with Crippen molar-refractivity contribution in [2.24, 2.45) is 0 Å². The summed E-state index contributed by atoms with van der Waals surface area (Å²) in [5.41, 5.74) is 0. The van der Waals surface area contributed by atoms with Gasteiger partial charge in [-0.1, -0.05) is 15.9 Å². The molecule has 0 spiro atoms. The largest absolute Gasteiger partial charge is 0.471 e. The van der Waals surface area contributed by atoms with Gasteiger partial charge in [-0.05, 0) is 0 Å². The van der Waals surface area contributed by atoms with E-state index in [4.69, 9.17) is 0 Å². The molecule has 0 bridgehead atoms. The molecule has 0 aliphatic heterocycles. The Morgan fingerprint density at radius 3 is 2.23 bits per heavy atom. The highest BCUT2D eigenvalue weighted by Crippen LogP contribution is 2.15. The van der Waals surface area contributed by atoms with Crippen LogP contribution in [0.5, 0.6) is 0 Å². The van der Waals surface area contributed by atoms with Crippen molar-refractivity contribution in [1.82, 2.24) is 5.32 Å². The summed E-state index contributed by atoms with van der Waals surface area (Å²) in [7, 11) is 0.982. The predicted molar refractivity (Wildman–Crippen MR) is 38.9 cm³/mol. The van der Waals surface area contributed by atoms with Crippen LogP contribution in [0.1, 0.15) is 0 Å². The SMILES string of the molecule is COC(=O)C(Br)NC(=O)C(F)(F)F. The summed E-state index contributed by atoms with van der Waals surface area (Å²) in [4.78, 5) is 19.3. The number of methoxy groups -OCH3 is 1. The number of hydrogen-bond donors (Lipinski definition) is 1. The molecule has 0 aromatic carbocycles. The van der Waals surface area contributed by atoms with Crippen LogP contribution in [0, 0.1) is 0 Å². The van der Waals surface area contributed by atoms with Crippen LogP contribution in [0.4, 0.5) is 13.2 Å². The lowest BCUT2D eigenvalue weighted by atomic mass is 10.5. The average Bonchev–Trinajstić information content (AvgIpc) is 2.01. The van der Waals surface area contributed by atoms with Gasteiger partial charge in [-0.3, -0.25) is 4.79 Å². The van der Waals surface area contributed by atoms with Crippen molar-refractivity contribution in [3.05, 3.63) is 0 Å². The normalized spacial score (nSPS) is 13.3. The molecule has 1 unspecified atom stereocenters. The number of halogens is 4. The van der Waals surface area contributed by atoms with Gasteiger partial charge in [0.25, 0.3) is 0 Å². The van der Waals surface area contributed by atoms with Gasteiger partial charge < -0.3 is 10.1 Å². The molecule has 0 aliphatic carbocycles. The van der Waals surface area contributed by atoms with Gasteiger partial charge in [0.2, 0.25) is 0 Å². The molecule has 0 aromatic heterocycles. The summed E-state index contributed by atoms with van der Waals surface area (Å²) >= 11 is 2.49. The van der Waals surface area contributed by atoms with Crippen LogP contribution in [-0.2, 0) is 14.3 Å². The second-order valence-electron chi connectivity index (χ2n) is 1.86. The van der Waals surface area contributed by atoms with Crippen molar-refractivity contribution in [1.29, 1.82) is 0 Å². The maximum Gasteiger partial charge on any atom is 0.471 e. The summed E-state index contributed by atoms with van der Waals surface area (Å²) in [6, 6.07) is 0. The van der Waals surface area contributed by atoms with E-state index in [1.807, 2.05) is 0 Å². The fraction of sp³-hybridized carbons (Fsp3) is 0.600. The molecular weight excluding hydrogens is 259 g/mol. The highest BCUT2D eigenvalue weighted by molar-refractivity contribution is 9.10. The van der Waals surface area contributed by atoms with Crippen molar-refractivity contribution in [2.75, 3.05) is 7.11 Å². The first-order valence-corrected chi connectivity index (χ1v) is 3.80. The minimum absolute atomic E-state index is 0.982. The van der Waals surface area contributed by atoms with E-state index in [-0.39, 0.29) is 0 Å². The minimum Gasteiger partial charge on any atom is -0.467 e. The van der Waals surface area contributed by atoms with Crippen molar-refractivity contribution >= 4 is 27.8 Å². The fourth-order valence-corrected chi connectivity index (χ4v) is 0.754. The van der Waals surface area contributed by atoms with Crippen LogP contribution >= 0.6 is 15.9 Å². The molecule has 0 saturated carbocycles. The summed E-state index contributed by atoms with van der Waals surface area (Å²) in [5, 5.41) is 1.35. The van der Waals surface area contributed by atoms with Gasteiger partial charge >= 0.3 is 18.1 Å². The van der Waals surface area contributed by atoms with Crippen LogP contribution in [0.3, 0.4) is 0 Å². The molecule has 0 aliphatic rings. The quantitative estimate of drug-likeness (QED) is 0.450. The van der Waals surface area contributed by atoms with E-state index in [2.05, 4.69) is 20.7 Å². The van der Waals surface area contributed by atoms with Crippen molar-refractivity contribution in [2.45, 2.75) is 11.1 Å². The Hall–Kier alpha value is -0.790. The number of carbonyl (C=O) groups excluding carboxylic acids is 2. The Morgan fingerprint density at radius 2 is 1.92 bits per heavy atom. The Morgan fingerprint density at radius 1 is 1.46 bits per heavy atom. The highest BCUT2D eigenvalue weighted by Gasteiger charge is 2.40. The van der Waals surface area contributed by atoms with E-state index < -0.39 is 23.0 Å². The lowest BCUT2D eigenvalue weighted by Crippen LogP contribution is -2.44. The molecule has 76 valence electrons. The lowest BCUT2D eigenvalue weighted by Gasteiger charge is -2.11. The van der Waals surface area contributed by atoms with Crippen LogP contribution in [0.25, 0.3) is 0 Å². The summed E-state index contributed by atoms with van der Waals surface area (Å²) in [6.45, 7) is 0. The van der Waals surface area contributed by atoms with Gasteiger partial charge in [-0.25, -0.2) is 4.79 Å². The molecule has 0 rings (SSSR count). The molecule has 1 amide bonds. The zero-order valence-corrected chi connectivity index (χ0v) is 7.90. The third-order valence-corrected chi connectivity index (χ3v) is 1.53. The van der Waals surface area contributed by atoms with Gasteiger partial charge in [-0.15, -0.1) is 0 Å². The van der Waals surface area contributed by atoms with Gasteiger partial charge in [0.05, 0.1) is 7.11 Å². The van der Waals surface area contributed by atoms with E-state index in [0.29, 0.717) is 0 Å². The third-order valence-electron chi connectivity index (χ3n) is 0.923. The van der Waals surface area contributed by atoms with E-state index >= 15 is 0 Å². The average molecular weight is 264 g/mol. The fourth-order valence-electron chi connectivity index (χ4n) is 0.359. The molecule has 4 nitrogen and oxygen atoms in total. The van der Waals surface area contributed by atoms with Crippen molar-refractivity contribution in [3.63, 3.8) is 0 Å². The maximum atomic E-state index is 11.6. The molecule has 1 N–H and O–H groups in total. The first-order valence-electron chi connectivity index (χ1n) is 2.88. The van der Waals surface area contributed by atoms with Gasteiger partial charge in [0, 0.05) is 0 Å². The number of nitrogens with one attached hydrogen (secondary N) is 1. The molecule has 8 heteroatoms.